The van der Waals surface area contributed by atoms with Crippen molar-refractivity contribution in [3.8, 4) is 11.5 Å². The van der Waals surface area contributed by atoms with Crippen molar-refractivity contribution in [2.75, 3.05) is 6.61 Å². The Morgan fingerprint density at radius 2 is 2.21 bits per heavy atom. The minimum absolute atomic E-state index is 0.105. The second-order valence-electron chi connectivity index (χ2n) is 2.76. The fourth-order valence-corrected chi connectivity index (χ4v) is 1.16. The molecule has 0 aliphatic heterocycles. The van der Waals surface area contributed by atoms with Gasteiger partial charge in [0.1, 0.15) is 11.3 Å². The second kappa shape index (κ2) is 4.09. The Morgan fingerprint density at radius 1 is 1.57 bits per heavy atom. The van der Waals surface area contributed by atoms with Crippen LogP contribution in [0.3, 0.4) is 0 Å². The average Bonchev–Trinajstić information content (AvgIpc) is 2.11. The van der Waals surface area contributed by atoms with Crippen molar-refractivity contribution in [2.24, 2.45) is 0 Å². The van der Waals surface area contributed by atoms with Gasteiger partial charge in [0.25, 0.3) is 0 Å². The number of benzene rings is 1. The molecule has 0 aliphatic rings. The summed E-state index contributed by atoms with van der Waals surface area (Å²) in [5.74, 6) is -1.69. The highest BCUT2D eigenvalue weighted by molar-refractivity contribution is 5.99. The van der Waals surface area contributed by atoms with E-state index in [1.54, 1.807) is 6.92 Å². The standard InChI is InChI=1S/C10H11FO3/c1-3-14-8-5-4-7(11)10(13)9(8)6(2)12/h4-5,13H,3H2,1-2H3. The molecule has 0 heterocycles. The van der Waals surface area contributed by atoms with Crippen LogP contribution in [-0.4, -0.2) is 17.5 Å². The van der Waals surface area contributed by atoms with Gasteiger partial charge in [-0.1, -0.05) is 0 Å². The van der Waals surface area contributed by atoms with Gasteiger partial charge in [-0.25, -0.2) is 4.39 Å². The summed E-state index contributed by atoms with van der Waals surface area (Å²) in [4.78, 5) is 11.1. The third kappa shape index (κ3) is 1.84. The van der Waals surface area contributed by atoms with Gasteiger partial charge in [-0.05, 0) is 26.0 Å². The van der Waals surface area contributed by atoms with E-state index in [0.717, 1.165) is 6.07 Å². The minimum Gasteiger partial charge on any atom is -0.504 e. The van der Waals surface area contributed by atoms with Gasteiger partial charge in [-0.15, -0.1) is 0 Å². The SMILES string of the molecule is CCOc1ccc(F)c(O)c1C(C)=O. The van der Waals surface area contributed by atoms with Gasteiger partial charge in [-0.2, -0.15) is 0 Å². The number of hydrogen-bond acceptors (Lipinski definition) is 3. The van der Waals surface area contributed by atoms with Gasteiger partial charge in [0.2, 0.25) is 0 Å². The molecule has 0 spiro atoms. The zero-order valence-electron chi connectivity index (χ0n) is 8.00. The first-order valence-corrected chi connectivity index (χ1v) is 4.23. The maximum absolute atomic E-state index is 12.9. The van der Waals surface area contributed by atoms with Crippen LogP contribution >= 0.6 is 0 Å². The third-order valence-electron chi connectivity index (χ3n) is 1.74. The molecule has 0 aliphatic carbocycles. The van der Waals surface area contributed by atoms with Crippen LogP contribution in [0.4, 0.5) is 4.39 Å². The zero-order chi connectivity index (χ0) is 10.7. The molecule has 76 valence electrons. The van der Waals surface area contributed by atoms with Crippen LogP contribution in [0.15, 0.2) is 12.1 Å². The molecule has 0 fully saturated rings. The number of carbonyl (C=O) groups excluding carboxylic acids is 1. The molecule has 0 radical (unpaired) electrons. The van der Waals surface area contributed by atoms with Crippen LogP contribution in [0, 0.1) is 5.82 Å². The fraction of sp³-hybridized carbons (Fsp3) is 0.300. The number of rotatable bonds is 3. The Labute approximate surface area is 81.1 Å². The van der Waals surface area contributed by atoms with Crippen molar-refractivity contribution in [2.45, 2.75) is 13.8 Å². The number of aromatic hydroxyl groups is 1. The minimum atomic E-state index is -0.821. The van der Waals surface area contributed by atoms with Gasteiger partial charge in [0.15, 0.2) is 17.3 Å². The first-order chi connectivity index (χ1) is 6.57. The predicted molar refractivity (Wildman–Crippen MR) is 49.2 cm³/mol. The Balaban J connectivity index is 3.30. The molecule has 1 rings (SSSR count). The van der Waals surface area contributed by atoms with E-state index in [2.05, 4.69) is 0 Å². The summed E-state index contributed by atoms with van der Waals surface area (Å²) in [6.07, 6.45) is 0. The van der Waals surface area contributed by atoms with Gasteiger partial charge >= 0.3 is 0 Å². The summed E-state index contributed by atoms with van der Waals surface area (Å²) < 4.78 is 18.0. The molecule has 0 bridgehead atoms. The highest BCUT2D eigenvalue weighted by Crippen LogP contribution is 2.30. The number of ketones is 1. The van der Waals surface area contributed by atoms with E-state index in [1.807, 2.05) is 0 Å². The lowest BCUT2D eigenvalue weighted by Crippen LogP contribution is -2.02. The Kier molecular flexibility index (Phi) is 3.06. The number of phenolic OH excluding ortho intramolecular Hbond substituents is 1. The second-order valence-corrected chi connectivity index (χ2v) is 2.76. The van der Waals surface area contributed by atoms with Gasteiger partial charge in [0.05, 0.1) is 6.61 Å². The molecular weight excluding hydrogens is 187 g/mol. The average molecular weight is 198 g/mol. The number of phenols is 1. The molecule has 3 nitrogen and oxygen atoms in total. The van der Waals surface area contributed by atoms with Crippen LogP contribution < -0.4 is 4.74 Å². The Hall–Kier alpha value is -1.58. The van der Waals surface area contributed by atoms with E-state index < -0.39 is 17.3 Å². The van der Waals surface area contributed by atoms with Crippen LogP contribution in [0.5, 0.6) is 11.5 Å². The van der Waals surface area contributed by atoms with Crippen LogP contribution in [0.25, 0.3) is 0 Å². The van der Waals surface area contributed by atoms with E-state index in [-0.39, 0.29) is 11.3 Å². The molecule has 0 amide bonds. The van der Waals surface area contributed by atoms with Crippen LogP contribution in [0.1, 0.15) is 24.2 Å². The van der Waals surface area contributed by atoms with Gasteiger partial charge in [-0.3, -0.25) is 4.79 Å². The van der Waals surface area contributed by atoms with E-state index >= 15 is 0 Å². The van der Waals surface area contributed by atoms with Crippen molar-refractivity contribution in [1.29, 1.82) is 0 Å². The van der Waals surface area contributed by atoms with E-state index in [9.17, 15) is 14.3 Å². The quantitative estimate of drug-likeness (QED) is 0.757. The largest absolute Gasteiger partial charge is 0.504 e. The monoisotopic (exact) mass is 198 g/mol. The number of halogens is 1. The Morgan fingerprint density at radius 3 is 2.71 bits per heavy atom. The van der Waals surface area contributed by atoms with E-state index in [0.29, 0.717) is 6.61 Å². The molecule has 1 N–H and O–H groups in total. The lowest BCUT2D eigenvalue weighted by molar-refractivity contribution is 0.101. The molecule has 0 atom stereocenters. The molecule has 0 saturated carbocycles. The highest BCUT2D eigenvalue weighted by Gasteiger charge is 2.17. The van der Waals surface area contributed by atoms with Gasteiger partial charge in [0, 0.05) is 0 Å². The molecule has 4 heteroatoms. The smallest absolute Gasteiger partial charge is 0.167 e. The van der Waals surface area contributed by atoms with Crippen molar-refractivity contribution in [1.82, 2.24) is 0 Å². The molecule has 0 saturated heterocycles. The summed E-state index contributed by atoms with van der Waals surface area (Å²) in [5, 5.41) is 9.30. The zero-order valence-corrected chi connectivity index (χ0v) is 8.00. The fourth-order valence-electron chi connectivity index (χ4n) is 1.16. The van der Waals surface area contributed by atoms with Crippen LogP contribution in [0.2, 0.25) is 0 Å². The number of carbonyl (C=O) groups is 1. The summed E-state index contributed by atoms with van der Waals surface area (Å²) >= 11 is 0. The third-order valence-corrected chi connectivity index (χ3v) is 1.74. The molecule has 1 aromatic rings. The molecule has 0 aromatic heterocycles. The lowest BCUT2D eigenvalue weighted by Gasteiger charge is -2.09. The topological polar surface area (TPSA) is 46.5 Å². The van der Waals surface area contributed by atoms with Crippen molar-refractivity contribution in [3.05, 3.63) is 23.5 Å². The lowest BCUT2D eigenvalue weighted by atomic mass is 10.1. The molecule has 1 aromatic carbocycles. The maximum atomic E-state index is 12.9. The van der Waals surface area contributed by atoms with Gasteiger partial charge < -0.3 is 9.84 Å². The number of ether oxygens (including phenoxy) is 1. The van der Waals surface area contributed by atoms with Crippen LogP contribution in [-0.2, 0) is 0 Å². The summed E-state index contributed by atoms with van der Waals surface area (Å²) in [5.41, 5.74) is -0.105. The normalized spacial score (nSPS) is 9.93. The van der Waals surface area contributed by atoms with Crippen molar-refractivity contribution in [3.63, 3.8) is 0 Å². The number of hydrogen-bond donors (Lipinski definition) is 1. The summed E-state index contributed by atoms with van der Waals surface area (Å²) in [6, 6.07) is 2.39. The number of Topliss-reactive ketones (excluding diaryl/α,β-unsaturated/α-hetero) is 1. The molecule has 14 heavy (non-hydrogen) atoms. The Bertz CT molecular complexity index is 361. The maximum Gasteiger partial charge on any atom is 0.167 e. The summed E-state index contributed by atoms with van der Waals surface area (Å²) in [6.45, 7) is 3.34. The first-order valence-electron chi connectivity index (χ1n) is 4.23. The molecule has 0 unspecified atom stereocenters. The first kappa shape index (κ1) is 10.5. The van der Waals surface area contributed by atoms with E-state index in [4.69, 9.17) is 4.74 Å². The molecular formula is C10H11FO3. The van der Waals surface area contributed by atoms with Crippen molar-refractivity contribution < 1.29 is 19.0 Å². The predicted octanol–water partition coefficient (Wildman–Crippen LogP) is 2.13. The highest BCUT2D eigenvalue weighted by atomic mass is 19.1. The van der Waals surface area contributed by atoms with Crippen molar-refractivity contribution >= 4 is 5.78 Å². The van der Waals surface area contributed by atoms with E-state index in [1.165, 1.54) is 13.0 Å². The summed E-state index contributed by atoms with van der Waals surface area (Å²) in [7, 11) is 0.